The van der Waals surface area contributed by atoms with Crippen molar-refractivity contribution in [2.24, 2.45) is 5.92 Å². The number of alkyl halides is 1. The van der Waals surface area contributed by atoms with E-state index in [1.807, 2.05) is 0 Å². The van der Waals surface area contributed by atoms with Crippen LogP contribution in [-0.4, -0.2) is 31.0 Å². The minimum Gasteiger partial charge on any atom is -0.211 e. The average molecular weight is 212 g/mol. The number of rotatable bonds is 3. The summed E-state index contributed by atoms with van der Waals surface area (Å²) in [4.78, 5) is 0. The van der Waals surface area contributed by atoms with Crippen LogP contribution >= 0.6 is 11.6 Å². The molecule has 0 N–H and O–H groups in total. The summed E-state index contributed by atoms with van der Waals surface area (Å²) in [7, 11) is -3.14. The fourth-order valence-corrected chi connectivity index (χ4v) is 2.83. The van der Waals surface area contributed by atoms with Gasteiger partial charge < -0.3 is 0 Å². The van der Waals surface area contributed by atoms with Gasteiger partial charge in [-0.2, -0.15) is 0 Å². The second-order valence-electron chi connectivity index (χ2n) is 3.14. The van der Waals surface area contributed by atoms with Gasteiger partial charge in [-0.1, -0.05) is 13.3 Å². The zero-order valence-corrected chi connectivity index (χ0v) is 8.74. The van der Waals surface area contributed by atoms with Crippen molar-refractivity contribution in [3.05, 3.63) is 0 Å². The normalized spacial score (nSPS) is 26.3. The van der Waals surface area contributed by atoms with E-state index in [0.717, 1.165) is 12.8 Å². The quantitative estimate of drug-likeness (QED) is 0.659. The summed E-state index contributed by atoms with van der Waals surface area (Å²) in [5, 5.41) is -0.288. The zero-order valence-electron chi connectivity index (χ0n) is 7.16. The van der Waals surface area contributed by atoms with E-state index in [4.69, 9.17) is 11.6 Å². The fraction of sp³-hybridized carbons (Fsp3) is 1.00. The predicted octanol–water partition coefficient (Wildman–Crippen LogP) is 1.24. The minimum absolute atomic E-state index is 0.288. The van der Waals surface area contributed by atoms with Crippen molar-refractivity contribution in [2.75, 3.05) is 18.3 Å². The van der Waals surface area contributed by atoms with E-state index >= 15 is 0 Å². The molecule has 0 bridgehead atoms. The summed E-state index contributed by atoms with van der Waals surface area (Å²) in [5.74, 6) is 0.531. The molecule has 0 aromatic rings. The van der Waals surface area contributed by atoms with Gasteiger partial charge in [-0.05, 0) is 12.3 Å². The third-order valence-electron chi connectivity index (χ3n) is 2.36. The van der Waals surface area contributed by atoms with Gasteiger partial charge in [-0.15, -0.1) is 11.6 Å². The van der Waals surface area contributed by atoms with Crippen molar-refractivity contribution < 1.29 is 8.42 Å². The predicted molar refractivity (Wildman–Crippen MR) is 49.6 cm³/mol. The number of sulfonamides is 1. The van der Waals surface area contributed by atoms with Gasteiger partial charge in [-0.3, -0.25) is 0 Å². The van der Waals surface area contributed by atoms with Crippen LogP contribution in [0.5, 0.6) is 0 Å². The molecule has 3 nitrogen and oxygen atoms in total. The Balaban J connectivity index is 2.58. The van der Waals surface area contributed by atoms with E-state index in [-0.39, 0.29) is 5.21 Å². The zero-order chi connectivity index (χ0) is 9.19. The van der Waals surface area contributed by atoms with Crippen LogP contribution < -0.4 is 0 Å². The topological polar surface area (TPSA) is 37.4 Å². The van der Waals surface area contributed by atoms with Gasteiger partial charge in [0.15, 0.2) is 0 Å². The van der Waals surface area contributed by atoms with Gasteiger partial charge in [0.1, 0.15) is 5.21 Å². The molecule has 0 amide bonds. The van der Waals surface area contributed by atoms with Crippen LogP contribution in [0.3, 0.4) is 0 Å². The highest BCUT2D eigenvalue weighted by Crippen LogP contribution is 2.22. The number of hydrogen-bond acceptors (Lipinski definition) is 2. The standard InChI is InChI=1S/C7H14ClNO2S/c1-2-7-3-4-9(5-7)12(10,11)6-8/h7H,2-6H2,1H3. The van der Waals surface area contributed by atoms with Crippen LogP contribution in [0.1, 0.15) is 19.8 Å². The fourth-order valence-electron chi connectivity index (χ4n) is 1.45. The highest BCUT2D eigenvalue weighted by atomic mass is 35.5. The third kappa shape index (κ3) is 2.12. The van der Waals surface area contributed by atoms with Crippen LogP contribution in [0.4, 0.5) is 0 Å². The monoisotopic (exact) mass is 211 g/mol. The molecule has 0 aliphatic carbocycles. The Kier molecular flexibility index (Phi) is 3.37. The van der Waals surface area contributed by atoms with Gasteiger partial charge in [-0.25, -0.2) is 12.7 Å². The van der Waals surface area contributed by atoms with E-state index in [1.165, 1.54) is 4.31 Å². The molecule has 12 heavy (non-hydrogen) atoms. The highest BCUT2D eigenvalue weighted by molar-refractivity contribution is 7.90. The minimum atomic E-state index is -3.14. The molecular formula is C7H14ClNO2S. The summed E-state index contributed by atoms with van der Waals surface area (Å²) in [6, 6.07) is 0. The Morgan fingerprint density at radius 2 is 2.25 bits per heavy atom. The van der Waals surface area contributed by atoms with Gasteiger partial charge in [0, 0.05) is 13.1 Å². The maximum Gasteiger partial charge on any atom is 0.228 e. The van der Waals surface area contributed by atoms with Gasteiger partial charge in [0.05, 0.1) is 0 Å². The molecule has 0 saturated carbocycles. The maximum atomic E-state index is 11.3. The molecule has 0 aromatic heterocycles. The number of hydrogen-bond donors (Lipinski definition) is 0. The molecular weight excluding hydrogens is 198 g/mol. The SMILES string of the molecule is CCC1CCN(S(=O)(=O)CCl)C1. The van der Waals surface area contributed by atoms with Crippen molar-refractivity contribution in [1.82, 2.24) is 4.31 Å². The molecule has 1 rings (SSSR count). The first-order valence-electron chi connectivity index (χ1n) is 4.14. The molecule has 1 heterocycles. The second kappa shape index (κ2) is 3.94. The molecule has 1 unspecified atom stereocenters. The van der Waals surface area contributed by atoms with E-state index in [2.05, 4.69) is 6.92 Å². The molecule has 1 atom stereocenters. The first kappa shape index (κ1) is 10.3. The molecule has 1 aliphatic rings. The molecule has 0 spiro atoms. The lowest BCUT2D eigenvalue weighted by Crippen LogP contribution is -2.29. The van der Waals surface area contributed by atoms with Crippen LogP contribution in [0.25, 0.3) is 0 Å². The third-order valence-corrected chi connectivity index (χ3v) is 4.58. The van der Waals surface area contributed by atoms with Gasteiger partial charge in [0.2, 0.25) is 10.0 Å². The van der Waals surface area contributed by atoms with Crippen molar-refractivity contribution >= 4 is 21.6 Å². The van der Waals surface area contributed by atoms with Crippen molar-refractivity contribution in [2.45, 2.75) is 19.8 Å². The summed E-state index contributed by atoms with van der Waals surface area (Å²) in [5.41, 5.74) is 0. The van der Waals surface area contributed by atoms with Gasteiger partial charge >= 0.3 is 0 Å². The van der Waals surface area contributed by atoms with E-state index in [9.17, 15) is 8.42 Å². The molecule has 0 aromatic carbocycles. The Morgan fingerprint density at radius 1 is 1.58 bits per heavy atom. The Labute approximate surface area is 78.7 Å². The molecule has 5 heteroatoms. The van der Waals surface area contributed by atoms with Crippen LogP contribution in [0.15, 0.2) is 0 Å². The second-order valence-corrected chi connectivity index (χ2v) is 5.70. The summed E-state index contributed by atoms with van der Waals surface area (Å²) < 4.78 is 24.0. The average Bonchev–Trinajstić information content (AvgIpc) is 2.52. The highest BCUT2D eigenvalue weighted by Gasteiger charge is 2.29. The van der Waals surface area contributed by atoms with Crippen LogP contribution in [-0.2, 0) is 10.0 Å². The lowest BCUT2D eigenvalue weighted by molar-refractivity contribution is 0.456. The van der Waals surface area contributed by atoms with Gasteiger partial charge in [0.25, 0.3) is 0 Å². The first-order valence-corrected chi connectivity index (χ1v) is 6.28. The molecule has 72 valence electrons. The van der Waals surface area contributed by atoms with Crippen LogP contribution in [0.2, 0.25) is 0 Å². The van der Waals surface area contributed by atoms with Crippen molar-refractivity contribution in [1.29, 1.82) is 0 Å². The van der Waals surface area contributed by atoms with Crippen molar-refractivity contribution in [3.63, 3.8) is 0 Å². The molecule has 1 aliphatic heterocycles. The number of halogens is 1. The Hall–Kier alpha value is 0.200. The first-order chi connectivity index (χ1) is 5.60. The summed E-state index contributed by atoms with van der Waals surface area (Å²) in [6.07, 6.45) is 2.03. The van der Waals surface area contributed by atoms with E-state index in [1.54, 1.807) is 0 Å². The smallest absolute Gasteiger partial charge is 0.211 e. The lowest BCUT2D eigenvalue weighted by Gasteiger charge is -2.13. The number of nitrogens with zero attached hydrogens (tertiary/aromatic N) is 1. The molecule has 0 radical (unpaired) electrons. The van der Waals surface area contributed by atoms with Crippen LogP contribution in [0, 0.1) is 5.92 Å². The van der Waals surface area contributed by atoms with E-state index < -0.39 is 10.0 Å². The molecule has 1 saturated heterocycles. The Bertz CT molecular complexity index is 240. The Morgan fingerprint density at radius 3 is 2.67 bits per heavy atom. The van der Waals surface area contributed by atoms with E-state index in [0.29, 0.717) is 19.0 Å². The van der Waals surface area contributed by atoms with Crippen molar-refractivity contribution in [3.8, 4) is 0 Å². The summed E-state index contributed by atoms with van der Waals surface area (Å²) >= 11 is 5.33. The summed E-state index contributed by atoms with van der Waals surface area (Å²) in [6.45, 7) is 3.39. The maximum absolute atomic E-state index is 11.3. The largest absolute Gasteiger partial charge is 0.228 e. The lowest BCUT2D eigenvalue weighted by atomic mass is 10.1. The molecule has 1 fully saturated rings.